The lowest BCUT2D eigenvalue weighted by Crippen LogP contribution is -2.25. The summed E-state index contributed by atoms with van der Waals surface area (Å²) in [7, 11) is -1.34. The van der Waals surface area contributed by atoms with Crippen molar-refractivity contribution in [1.29, 1.82) is 0 Å². The zero-order valence-corrected chi connectivity index (χ0v) is 27.4. The van der Waals surface area contributed by atoms with Crippen LogP contribution in [-0.4, -0.2) is 29.7 Å². The minimum absolute atomic E-state index is 0.672. The summed E-state index contributed by atoms with van der Waals surface area (Å²) in [5.74, 6) is 0. The molecule has 46 heavy (non-hydrogen) atoms. The molecule has 0 unspecified atom stereocenters. The first-order chi connectivity index (χ1) is 22.7. The van der Waals surface area contributed by atoms with Crippen LogP contribution in [0.4, 0.5) is 0 Å². The van der Waals surface area contributed by atoms with Gasteiger partial charge in [-0.3, -0.25) is 0 Å². The predicted octanol–water partition coefficient (Wildman–Crippen LogP) is 5.59. The Labute approximate surface area is 270 Å². The minimum atomic E-state index is -0.672. The molecule has 0 saturated carbocycles. The maximum atomic E-state index is 4.37. The number of aryl methyl sites for hydroxylation is 2. The third-order valence-corrected chi connectivity index (χ3v) is 12.6. The maximum absolute atomic E-state index is 4.37. The Balaban J connectivity index is 0.000000147. The van der Waals surface area contributed by atoms with Crippen LogP contribution >= 0.6 is 15.8 Å². The van der Waals surface area contributed by atoms with Gasteiger partial charge in [0.2, 0.25) is 0 Å². The van der Waals surface area contributed by atoms with E-state index in [9.17, 15) is 0 Å². The minimum Gasteiger partial charge on any atom is -0.212 e. The normalized spacial score (nSPS) is 11.2. The van der Waals surface area contributed by atoms with E-state index in [0.717, 1.165) is 22.4 Å². The van der Waals surface area contributed by atoms with E-state index in [1.54, 1.807) is 0 Å². The first kappa shape index (κ1) is 29.7. The fraction of sp³-hybridized carbons (Fsp3) is 0.0526. The molecule has 4 aromatic heterocycles. The summed E-state index contributed by atoms with van der Waals surface area (Å²) in [6, 6.07) is 55.2. The van der Waals surface area contributed by atoms with E-state index >= 15 is 0 Å². The molecule has 0 saturated heterocycles. The van der Waals surface area contributed by atoms with Gasteiger partial charge < -0.3 is 0 Å². The molecular weight excluding hydrogens is 602 g/mol. The van der Waals surface area contributed by atoms with E-state index in [1.807, 2.05) is 22.9 Å². The molecule has 0 aliphatic heterocycles. The average Bonchev–Trinajstić information content (AvgIpc) is 3.70. The summed E-state index contributed by atoms with van der Waals surface area (Å²) in [5, 5.41) is 22.5. The Hall–Kier alpha value is -5.02. The van der Waals surface area contributed by atoms with Crippen molar-refractivity contribution in [3.05, 3.63) is 169 Å². The zero-order chi connectivity index (χ0) is 31.3. The molecule has 8 rings (SSSR count). The van der Waals surface area contributed by atoms with Gasteiger partial charge in [-0.2, -0.15) is 0 Å². The first-order valence-electron chi connectivity index (χ1n) is 15.1. The van der Waals surface area contributed by atoms with E-state index in [0.29, 0.717) is 0 Å². The van der Waals surface area contributed by atoms with Crippen molar-refractivity contribution in [1.82, 2.24) is 29.7 Å². The second kappa shape index (κ2) is 13.5. The number of nitrogens with zero attached hydrogens (tertiary/aromatic N) is 6. The van der Waals surface area contributed by atoms with Crippen molar-refractivity contribution < 1.29 is 0 Å². The molecule has 0 N–H and O–H groups in total. The summed E-state index contributed by atoms with van der Waals surface area (Å²) >= 11 is 0. The maximum Gasteiger partial charge on any atom is 0.0901 e. The zero-order valence-electron chi connectivity index (χ0n) is 25.6. The highest BCUT2D eigenvalue weighted by Gasteiger charge is 2.21. The molecule has 8 heteroatoms. The smallest absolute Gasteiger partial charge is 0.0901 e. The van der Waals surface area contributed by atoms with Crippen LogP contribution in [-0.2, 0) is 0 Å². The van der Waals surface area contributed by atoms with Gasteiger partial charge in [0.05, 0.1) is 33.3 Å². The third-order valence-electron chi connectivity index (χ3n) is 7.71. The van der Waals surface area contributed by atoms with E-state index in [-0.39, 0.29) is 0 Å². The van der Waals surface area contributed by atoms with Crippen LogP contribution in [0.15, 0.2) is 158 Å². The Bertz CT molecular complexity index is 1950. The summed E-state index contributed by atoms with van der Waals surface area (Å²) in [5.41, 5.74) is 6.44. The number of benzene rings is 4. The van der Waals surface area contributed by atoms with Crippen molar-refractivity contribution in [2.45, 2.75) is 13.8 Å². The molecule has 0 radical (unpaired) electrons. The Morgan fingerprint density at radius 2 is 0.674 bits per heavy atom. The van der Waals surface area contributed by atoms with Gasteiger partial charge in [-0.05, 0) is 59.3 Å². The van der Waals surface area contributed by atoms with Crippen LogP contribution in [0.1, 0.15) is 11.4 Å². The SMILES string of the molecule is Cc1nnn2c(P(c3ccccc3)c3ccccc3)cccc12.Cc1nnn2c(P(c3ccccc3)c3ccccc3)cccc12. The number of hydrogen-bond donors (Lipinski definition) is 0. The number of pyridine rings is 2. The van der Waals surface area contributed by atoms with E-state index in [1.165, 1.54) is 32.1 Å². The van der Waals surface area contributed by atoms with Gasteiger partial charge in [0.15, 0.2) is 0 Å². The summed E-state index contributed by atoms with van der Waals surface area (Å²) < 4.78 is 3.97. The Morgan fingerprint density at radius 3 is 0.978 bits per heavy atom. The van der Waals surface area contributed by atoms with Crippen molar-refractivity contribution in [3.63, 3.8) is 0 Å². The fourth-order valence-corrected chi connectivity index (χ4v) is 10.2. The van der Waals surface area contributed by atoms with Gasteiger partial charge in [-0.25, -0.2) is 9.03 Å². The van der Waals surface area contributed by atoms with Crippen LogP contribution in [0.3, 0.4) is 0 Å². The lowest BCUT2D eigenvalue weighted by atomic mass is 10.3. The molecule has 4 heterocycles. The molecule has 0 aliphatic carbocycles. The van der Waals surface area contributed by atoms with Gasteiger partial charge in [-0.15, -0.1) is 10.2 Å². The van der Waals surface area contributed by atoms with Gasteiger partial charge in [0.25, 0.3) is 0 Å². The molecule has 8 aromatic rings. The standard InChI is InChI=1S/2C19H16N3P/c2*1-15-18-13-8-14-19(22(18)21-20-15)23(16-9-4-2-5-10-16)17-11-6-3-7-12-17/h2*2-14H,1H3. The van der Waals surface area contributed by atoms with Crippen molar-refractivity contribution in [2.75, 3.05) is 0 Å². The van der Waals surface area contributed by atoms with Crippen LogP contribution in [0, 0.1) is 13.8 Å². The van der Waals surface area contributed by atoms with Crippen LogP contribution in [0.5, 0.6) is 0 Å². The highest BCUT2D eigenvalue weighted by Crippen LogP contribution is 2.33. The molecule has 224 valence electrons. The summed E-state index contributed by atoms with van der Waals surface area (Å²) in [6.45, 7) is 4.00. The third kappa shape index (κ3) is 5.98. The molecule has 0 bridgehead atoms. The first-order valence-corrected chi connectivity index (χ1v) is 17.8. The van der Waals surface area contributed by atoms with Gasteiger partial charge in [0, 0.05) is 15.8 Å². The van der Waals surface area contributed by atoms with Gasteiger partial charge in [-0.1, -0.05) is 144 Å². The van der Waals surface area contributed by atoms with Crippen LogP contribution in [0.2, 0.25) is 0 Å². The lowest BCUT2D eigenvalue weighted by Gasteiger charge is -2.19. The topological polar surface area (TPSA) is 60.4 Å². The van der Waals surface area contributed by atoms with Crippen LogP contribution < -0.4 is 32.1 Å². The van der Waals surface area contributed by atoms with Crippen molar-refractivity contribution in [2.24, 2.45) is 0 Å². The lowest BCUT2D eigenvalue weighted by molar-refractivity contribution is 0.867. The highest BCUT2D eigenvalue weighted by atomic mass is 31.1. The Morgan fingerprint density at radius 1 is 0.370 bits per heavy atom. The summed E-state index contributed by atoms with van der Waals surface area (Å²) in [4.78, 5) is 0. The molecule has 6 nitrogen and oxygen atoms in total. The molecule has 0 amide bonds. The molecule has 0 aliphatic rings. The molecule has 0 atom stereocenters. The van der Waals surface area contributed by atoms with E-state index < -0.39 is 15.8 Å². The Kier molecular flexibility index (Phi) is 8.74. The second-order valence-electron chi connectivity index (χ2n) is 10.7. The fourth-order valence-electron chi connectivity index (χ4n) is 5.52. The largest absolute Gasteiger partial charge is 0.212 e. The van der Waals surface area contributed by atoms with Crippen LogP contribution in [0.25, 0.3) is 11.0 Å². The number of aromatic nitrogens is 6. The number of rotatable bonds is 6. The van der Waals surface area contributed by atoms with E-state index in [4.69, 9.17) is 0 Å². The molecule has 4 aromatic carbocycles. The summed E-state index contributed by atoms with van der Waals surface area (Å²) in [6.07, 6.45) is 0. The predicted molar refractivity (Wildman–Crippen MR) is 193 cm³/mol. The number of fused-ring (bicyclic) bond motifs is 2. The monoisotopic (exact) mass is 634 g/mol. The molecule has 0 spiro atoms. The van der Waals surface area contributed by atoms with Crippen molar-refractivity contribution >= 4 is 59.0 Å². The second-order valence-corrected chi connectivity index (χ2v) is 15.0. The van der Waals surface area contributed by atoms with Gasteiger partial charge >= 0.3 is 0 Å². The molecule has 0 fully saturated rings. The highest BCUT2D eigenvalue weighted by molar-refractivity contribution is 7.80. The van der Waals surface area contributed by atoms with E-state index in [2.05, 4.69) is 178 Å². The van der Waals surface area contributed by atoms with Gasteiger partial charge in [0.1, 0.15) is 0 Å². The molecular formula is C38H32N6P2. The quantitative estimate of drug-likeness (QED) is 0.224. The van der Waals surface area contributed by atoms with Crippen molar-refractivity contribution in [3.8, 4) is 0 Å². The number of hydrogen-bond acceptors (Lipinski definition) is 4. The average molecular weight is 635 g/mol.